The molecule has 1 rings (SSSR count). The fourth-order valence-corrected chi connectivity index (χ4v) is 2.42. The van der Waals surface area contributed by atoms with E-state index in [9.17, 15) is 13.2 Å². The molecule has 7 heteroatoms. The van der Waals surface area contributed by atoms with Crippen LogP contribution in [0.4, 0.5) is 0 Å². The van der Waals surface area contributed by atoms with Gasteiger partial charge in [-0.3, -0.25) is 4.79 Å². The molecule has 0 aliphatic heterocycles. The highest BCUT2D eigenvalue weighted by Gasteiger charge is 2.13. The van der Waals surface area contributed by atoms with E-state index in [-0.39, 0.29) is 24.0 Å². The number of carbonyl (C=O) groups excluding carboxylic acids is 1. The molecular formula is C13H18N2O4S. The molecular weight excluding hydrogens is 280 g/mol. The maximum Gasteiger partial charge on any atom is 0.251 e. The lowest BCUT2D eigenvalue weighted by Gasteiger charge is -2.07. The molecule has 1 aromatic rings. The summed E-state index contributed by atoms with van der Waals surface area (Å²) in [5.74, 6) is -0.304. The van der Waals surface area contributed by atoms with Gasteiger partial charge in [-0.05, 0) is 30.7 Å². The van der Waals surface area contributed by atoms with Crippen molar-refractivity contribution >= 4 is 15.9 Å². The fourth-order valence-electron chi connectivity index (χ4n) is 1.42. The molecule has 6 nitrogen and oxygen atoms in total. The van der Waals surface area contributed by atoms with Crippen LogP contribution in [0.25, 0.3) is 0 Å². The van der Waals surface area contributed by atoms with Crippen molar-refractivity contribution in [3.8, 4) is 0 Å². The summed E-state index contributed by atoms with van der Waals surface area (Å²) in [7, 11) is -3.57. The van der Waals surface area contributed by atoms with Crippen LogP contribution >= 0.6 is 0 Å². The maximum atomic E-state index is 11.8. The molecule has 0 radical (unpaired) electrons. The zero-order chi connectivity index (χ0) is 15.0. The molecule has 0 aliphatic rings. The summed E-state index contributed by atoms with van der Waals surface area (Å²) in [6, 6.07) is 5.62. The molecule has 20 heavy (non-hydrogen) atoms. The van der Waals surface area contributed by atoms with Gasteiger partial charge in [-0.2, -0.15) is 0 Å². The number of hydrogen-bond acceptors (Lipinski definition) is 4. The van der Waals surface area contributed by atoms with E-state index in [1.54, 1.807) is 0 Å². The second kappa shape index (κ2) is 7.78. The van der Waals surface area contributed by atoms with Crippen molar-refractivity contribution in [3.63, 3.8) is 0 Å². The van der Waals surface area contributed by atoms with Gasteiger partial charge in [-0.25, -0.2) is 13.1 Å². The minimum absolute atomic E-state index is 0.00638. The molecule has 0 unspecified atom stereocenters. The van der Waals surface area contributed by atoms with Gasteiger partial charge in [-0.15, -0.1) is 6.58 Å². The van der Waals surface area contributed by atoms with Gasteiger partial charge in [0.05, 0.1) is 4.90 Å². The zero-order valence-electron chi connectivity index (χ0n) is 11.0. The Kier molecular flexibility index (Phi) is 6.37. The van der Waals surface area contributed by atoms with E-state index in [0.29, 0.717) is 18.5 Å². The van der Waals surface area contributed by atoms with Crippen LogP contribution in [0.2, 0.25) is 0 Å². The van der Waals surface area contributed by atoms with Crippen LogP contribution in [-0.2, 0) is 10.0 Å². The van der Waals surface area contributed by atoms with E-state index in [4.69, 9.17) is 5.11 Å². The fraction of sp³-hybridized carbons (Fsp3) is 0.308. The second-order valence-corrected chi connectivity index (χ2v) is 5.76. The van der Waals surface area contributed by atoms with Gasteiger partial charge >= 0.3 is 0 Å². The Balaban J connectivity index is 2.73. The molecule has 0 spiro atoms. The van der Waals surface area contributed by atoms with Crippen LogP contribution in [0.3, 0.4) is 0 Å². The summed E-state index contributed by atoms with van der Waals surface area (Å²) in [5, 5.41) is 11.2. The average Bonchev–Trinajstić information content (AvgIpc) is 2.45. The molecule has 0 heterocycles. The number of benzene rings is 1. The third-order valence-corrected chi connectivity index (χ3v) is 3.90. The SMILES string of the molecule is C=CCNS(=O)(=O)c1ccc(C(=O)NCCCO)cc1. The number of carbonyl (C=O) groups is 1. The van der Waals surface area contributed by atoms with Crippen LogP contribution in [0.15, 0.2) is 41.8 Å². The van der Waals surface area contributed by atoms with E-state index in [1.165, 1.54) is 30.3 Å². The minimum Gasteiger partial charge on any atom is -0.396 e. The van der Waals surface area contributed by atoms with Gasteiger partial charge in [0.2, 0.25) is 10.0 Å². The number of rotatable bonds is 8. The molecule has 110 valence electrons. The lowest BCUT2D eigenvalue weighted by atomic mass is 10.2. The van der Waals surface area contributed by atoms with Crippen molar-refractivity contribution in [1.29, 1.82) is 0 Å². The third kappa shape index (κ3) is 4.76. The van der Waals surface area contributed by atoms with E-state index in [2.05, 4.69) is 16.6 Å². The first kappa shape index (κ1) is 16.4. The molecule has 0 fully saturated rings. The first-order valence-corrected chi connectivity index (χ1v) is 7.59. The topological polar surface area (TPSA) is 95.5 Å². The molecule has 0 atom stereocenters. The predicted molar refractivity (Wildman–Crippen MR) is 75.9 cm³/mol. The summed E-state index contributed by atoms with van der Waals surface area (Å²) in [6.07, 6.45) is 1.92. The summed E-state index contributed by atoms with van der Waals surface area (Å²) in [4.78, 5) is 11.8. The number of hydrogen-bond donors (Lipinski definition) is 3. The van der Waals surface area contributed by atoms with E-state index in [1.807, 2.05) is 0 Å². The second-order valence-electron chi connectivity index (χ2n) is 4.00. The summed E-state index contributed by atoms with van der Waals surface area (Å²) < 4.78 is 25.9. The van der Waals surface area contributed by atoms with Crippen molar-refractivity contribution in [3.05, 3.63) is 42.5 Å². The monoisotopic (exact) mass is 298 g/mol. The Hall–Kier alpha value is -1.70. The zero-order valence-corrected chi connectivity index (χ0v) is 11.8. The number of amides is 1. The van der Waals surface area contributed by atoms with Gasteiger partial charge < -0.3 is 10.4 Å². The Morgan fingerprint density at radius 1 is 1.30 bits per heavy atom. The van der Waals surface area contributed by atoms with Crippen molar-refractivity contribution < 1.29 is 18.3 Å². The Morgan fingerprint density at radius 2 is 1.95 bits per heavy atom. The summed E-state index contributed by atoms with van der Waals surface area (Å²) in [6.45, 7) is 3.95. The highest BCUT2D eigenvalue weighted by molar-refractivity contribution is 7.89. The molecule has 1 aromatic carbocycles. The molecule has 0 aromatic heterocycles. The smallest absolute Gasteiger partial charge is 0.251 e. The standard InChI is InChI=1S/C13H18N2O4S/c1-2-8-15-20(18,19)12-6-4-11(5-7-12)13(17)14-9-3-10-16/h2,4-7,15-16H,1,3,8-10H2,(H,14,17). The number of sulfonamides is 1. The van der Waals surface area contributed by atoms with Crippen LogP contribution < -0.4 is 10.0 Å². The maximum absolute atomic E-state index is 11.8. The van der Waals surface area contributed by atoms with E-state index in [0.717, 1.165) is 0 Å². The number of nitrogens with one attached hydrogen (secondary N) is 2. The molecule has 0 bridgehead atoms. The predicted octanol–water partition coefficient (Wildman–Crippen LogP) is 0.263. The van der Waals surface area contributed by atoms with Gasteiger partial charge in [0.1, 0.15) is 0 Å². The minimum atomic E-state index is -3.57. The van der Waals surface area contributed by atoms with Gasteiger partial charge in [0.15, 0.2) is 0 Å². The summed E-state index contributed by atoms with van der Waals surface area (Å²) >= 11 is 0. The van der Waals surface area contributed by atoms with Crippen LogP contribution in [-0.4, -0.2) is 39.1 Å². The van der Waals surface area contributed by atoms with Crippen molar-refractivity contribution in [2.45, 2.75) is 11.3 Å². The Labute approximate surface area is 118 Å². The first-order chi connectivity index (χ1) is 9.51. The molecule has 0 saturated heterocycles. The average molecular weight is 298 g/mol. The van der Waals surface area contributed by atoms with Gasteiger partial charge in [0.25, 0.3) is 5.91 Å². The largest absolute Gasteiger partial charge is 0.396 e. The molecule has 0 saturated carbocycles. The first-order valence-electron chi connectivity index (χ1n) is 6.11. The lowest BCUT2D eigenvalue weighted by molar-refractivity contribution is 0.0951. The van der Waals surface area contributed by atoms with Crippen molar-refractivity contribution in [2.75, 3.05) is 19.7 Å². The van der Waals surface area contributed by atoms with Crippen LogP contribution in [0.1, 0.15) is 16.8 Å². The highest BCUT2D eigenvalue weighted by Crippen LogP contribution is 2.10. The van der Waals surface area contributed by atoms with Gasteiger partial charge in [0, 0.05) is 25.3 Å². The van der Waals surface area contributed by atoms with Crippen LogP contribution in [0.5, 0.6) is 0 Å². The van der Waals surface area contributed by atoms with Crippen molar-refractivity contribution in [1.82, 2.24) is 10.0 Å². The normalized spacial score (nSPS) is 11.1. The third-order valence-electron chi connectivity index (χ3n) is 2.46. The number of aliphatic hydroxyl groups excluding tert-OH is 1. The molecule has 3 N–H and O–H groups in total. The van der Waals surface area contributed by atoms with Gasteiger partial charge in [-0.1, -0.05) is 6.08 Å². The quantitative estimate of drug-likeness (QED) is 0.474. The molecule has 0 aliphatic carbocycles. The lowest BCUT2D eigenvalue weighted by Crippen LogP contribution is -2.26. The van der Waals surface area contributed by atoms with Crippen LogP contribution in [0, 0.1) is 0 Å². The Bertz CT molecular complexity index is 552. The molecule has 1 amide bonds. The number of aliphatic hydroxyl groups is 1. The summed E-state index contributed by atoms with van der Waals surface area (Å²) in [5.41, 5.74) is 0.366. The van der Waals surface area contributed by atoms with Crippen molar-refractivity contribution in [2.24, 2.45) is 0 Å². The van der Waals surface area contributed by atoms with E-state index >= 15 is 0 Å². The van der Waals surface area contributed by atoms with E-state index < -0.39 is 10.0 Å². The Morgan fingerprint density at radius 3 is 2.50 bits per heavy atom. The highest BCUT2D eigenvalue weighted by atomic mass is 32.2.